The van der Waals surface area contributed by atoms with Crippen molar-refractivity contribution in [1.29, 1.82) is 0 Å². The number of rotatable bonds is 8. The molecule has 28 heavy (non-hydrogen) atoms. The highest BCUT2D eigenvalue weighted by Crippen LogP contribution is 2.26. The van der Waals surface area contributed by atoms with Gasteiger partial charge < -0.3 is 14.2 Å². The van der Waals surface area contributed by atoms with Gasteiger partial charge in [0.05, 0.1) is 31.6 Å². The summed E-state index contributed by atoms with van der Waals surface area (Å²) in [6, 6.07) is 10.5. The maximum atomic E-state index is 12.5. The van der Waals surface area contributed by atoms with Crippen LogP contribution in [0.15, 0.2) is 35.5 Å². The van der Waals surface area contributed by atoms with Crippen molar-refractivity contribution in [2.45, 2.75) is 31.1 Å². The Bertz CT molecular complexity index is 759. The van der Waals surface area contributed by atoms with Gasteiger partial charge in [-0.1, -0.05) is 49.0 Å². The van der Waals surface area contributed by atoms with Crippen LogP contribution in [-0.2, 0) is 16.1 Å². The highest BCUT2D eigenvalue weighted by Gasteiger charge is 2.24. The van der Waals surface area contributed by atoms with E-state index in [4.69, 9.17) is 4.74 Å². The lowest BCUT2D eigenvalue weighted by Gasteiger charge is -2.26. The van der Waals surface area contributed by atoms with E-state index < -0.39 is 0 Å². The Balaban J connectivity index is 1.79. The molecule has 0 spiro atoms. The molecule has 0 unspecified atom stereocenters. The Kier molecular flexibility index (Phi) is 7.47. The number of nitrogens with zero attached hydrogens (tertiary/aromatic N) is 5. The number of ether oxygens (including phenoxy) is 1. The first kappa shape index (κ1) is 20.8. The first-order chi connectivity index (χ1) is 13.6. The molecule has 8 heteroatoms. The van der Waals surface area contributed by atoms with Crippen molar-refractivity contribution >= 4 is 17.7 Å². The number of thioether (sulfide) groups is 1. The molecule has 1 aliphatic heterocycles. The van der Waals surface area contributed by atoms with E-state index in [2.05, 4.69) is 52.8 Å². The third kappa shape index (κ3) is 5.12. The van der Waals surface area contributed by atoms with Gasteiger partial charge in [-0.05, 0) is 26.1 Å². The van der Waals surface area contributed by atoms with Gasteiger partial charge >= 0.3 is 0 Å². The molecule has 1 aromatic heterocycles. The number of carbonyl (C=O) groups excluding carboxylic acids is 1. The molecule has 1 atom stereocenters. The van der Waals surface area contributed by atoms with Crippen LogP contribution in [0, 0.1) is 0 Å². The second-order valence-electron chi connectivity index (χ2n) is 7.08. The fourth-order valence-electron chi connectivity index (χ4n) is 3.38. The van der Waals surface area contributed by atoms with E-state index in [9.17, 15) is 4.79 Å². The van der Waals surface area contributed by atoms with Crippen LogP contribution in [-0.4, -0.2) is 76.6 Å². The Morgan fingerprint density at radius 2 is 1.93 bits per heavy atom. The van der Waals surface area contributed by atoms with Gasteiger partial charge in [0.1, 0.15) is 0 Å². The zero-order valence-electron chi connectivity index (χ0n) is 16.9. The second-order valence-corrected chi connectivity index (χ2v) is 8.02. The number of amides is 1. The summed E-state index contributed by atoms with van der Waals surface area (Å²) in [7, 11) is 4.12. The molecule has 152 valence electrons. The molecule has 3 rings (SSSR count). The minimum atomic E-state index is 0.128. The molecule has 2 aromatic rings. The molecule has 0 bridgehead atoms. The summed E-state index contributed by atoms with van der Waals surface area (Å²) in [5, 5.41) is 9.73. The zero-order valence-corrected chi connectivity index (χ0v) is 17.7. The van der Waals surface area contributed by atoms with Crippen LogP contribution in [0.25, 0.3) is 0 Å². The fourth-order valence-corrected chi connectivity index (χ4v) is 4.22. The first-order valence-electron chi connectivity index (χ1n) is 9.72. The van der Waals surface area contributed by atoms with Gasteiger partial charge in [0.15, 0.2) is 11.0 Å². The number of hydrogen-bond donors (Lipinski definition) is 0. The van der Waals surface area contributed by atoms with Crippen LogP contribution in [0.3, 0.4) is 0 Å². The average Bonchev–Trinajstić information content (AvgIpc) is 3.10. The lowest BCUT2D eigenvalue weighted by atomic mass is 10.2. The van der Waals surface area contributed by atoms with Crippen molar-refractivity contribution in [1.82, 2.24) is 24.6 Å². The second kappa shape index (κ2) is 10.0. The number of hydrogen-bond acceptors (Lipinski definition) is 6. The maximum absolute atomic E-state index is 12.5. The van der Waals surface area contributed by atoms with Crippen molar-refractivity contribution in [3.8, 4) is 0 Å². The maximum Gasteiger partial charge on any atom is 0.233 e. The summed E-state index contributed by atoms with van der Waals surface area (Å²) in [5.74, 6) is 1.44. The standard InChI is InChI=1S/C20H29N5O2S/c1-4-17(23(2)3)19-21-22-20(25(19)14-16-8-6-5-7-9-16)28-15-18(26)24-10-12-27-13-11-24/h5-9,17H,4,10-15H2,1-3H3/t17-/m0/s1. The predicted molar refractivity (Wildman–Crippen MR) is 110 cm³/mol. The third-order valence-electron chi connectivity index (χ3n) is 4.93. The monoisotopic (exact) mass is 403 g/mol. The van der Waals surface area contributed by atoms with Crippen LogP contribution >= 0.6 is 11.8 Å². The SMILES string of the molecule is CC[C@@H](c1nnc(SCC(=O)N2CCOCC2)n1Cc1ccccc1)N(C)C. The molecular formula is C20H29N5O2S. The van der Waals surface area contributed by atoms with Crippen molar-refractivity contribution in [2.24, 2.45) is 0 Å². The molecule has 0 radical (unpaired) electrons. The van der Waals surface area contributed by atoms with Crippen molar-refractivity contribution < 1.29 is 9.53 Å². The summed E-state index contributed by atoms with van der Waals surface area (Å²) in [4.78, 5) is 16.6. The summed E-state index contributed by atoms with van der Waals surface area (Å²) < 4.78 is 7.48. The number of carbonyl (C=O) groups is 1. The molecule has 1 fully saturated rings. The fraction of sp³-hybridized carbons (Fsp3) is 0.550. The van der Waals surface area contributed by atoms with Gasteiger partial charge in [-0.25, -0.2) is 0 Å². The van der Waals surface area contributed by atoms with Crippen LogP contribution in [0.4, 0.5) is 0 Å². The van der Waals surface area contributed by atoms with Gasteiger partial charge in [-0.3, -0.25) is 9.69 Å². The molecule has 2 heterocycles. The predicted octanol–water partition coefficient (Wildman–Crippen LogP) is 2.29. The number of aromatic nitrogens is 3. The summed E-state index contributed by atoms with van der Waals surface area (Å²) in [5.41, 5.74) is 1.19. The summed E-state index contributed by atoms with van der Waals surface area (Å²) in [6.07, 6.45) is 0.942. The Morgan fingerprint density at radius 1 is 1.21 bits per heavy atom. The molecule has 1 amide bonds. The molecule has 7 nitrogen and oxygen atoms in total. The number of morpholine rings is 1. The lowest BCUT2D eigenvalue weighted by Crippen LogP contribution is -2.41. The highest BCUT2D eigenvalue weighted by atomic mass is 32.2. The van der Waals surface area contributed by atoms with Crippen LogP contribution in [0.5, 0.6) is 0 Å². The third-order valence-corrected chi connectivity index (χ3v) is 5.88. The highest BCUT2D eigenvalue weighted by molar-refractivity contribution is 7.99. The summed E-state index contributed by atoms with van der Waals surface area (Å²) >= 11 is 1.47. The lowest BCUT2D eigenvalue weighted by molar-refractivity contribution is -0.132. The summed E-state index contributed by atoms with van der Waals surface area (Å²) in [6.45, 7) is 5.42. The van der Waals surface area contributed by atoms with Gasteiger partial charge in [-0.2, -0.15) is 0 Å². The molecule has 1 aliphatic rings. The topological polar surface area (TPSA) is 63.5 Å². The Morgan fingerprint density at radius 3 is 2.57 bits per heavy atom. The van der Waals surface area contributed by atoms with Crippen LogP contribution in [0.2, 0.25) is 0 Å². The molecule has 0 saturated carbocycles. The normalized spacial score (nSPS) is 15.8. The van der Waals surface area contributed by atoms with E-state index in [-0.39, 0.29) is 11.9 Å². The van der Waals surface area contributed by atoms with Gasteiger partial charge in [0.2, 0.25) is 5.91 Å². The first-order valence-corrected chi connectivity index (χ1v) is 10.7. The largest absolute Gasteiger partial charge is 0.378 e. The molecule has 1 aromatic carbocycles. The molecular weight excluding hydrogens is 374 g/mol. The van der Waals surface area contributed by atoms with Crippen LogP contribution in [0.1, 0.15) is 30.8 Å². The molecule has 0 aliphatic carbocycles. The van der Waals surface area contributed by atoms with Gasteiger partial charge in [0, 0.05) is 13.1 Å². The van der Waals surface area contributed by atoms with Crippen molar-refractivity contribution in [2.75, 3.05) is 46.2 Å². The molecule has 0 N–H and O–H groups in total. The van der Waals surface area contributed by atoms with Crippen LogP contribution < -0.4 is 0 Å². The quantitative estimate of drug-likeness (QED) is 0.630. The minimum absolute atomic E-state index is 0.128. The minimum Gasteiger partial charge on any atom is -0.378 e. The molecule has 1 saturated heterocycles. The van der Waals surface area contributed by atoms with E-state index in [1.807, 2.05) is 23.1 Å². The van der Waals surface area contributed by atoms with Crippen molar-refractivity contribution in [3.63, 3.8) is 0 Å². The van der Waals surface area contributed by atoms with E-state index in [0.717, 1.165) is 17.4 Å². The van der Waals surface area contributed by atoms with E-state index in [0.29, 0.717) is 38.6 Å². The van der Waals surface area contributed by atoms with Crippen molar-refractivity contribution in [3.05, 3.63) is 41.7 Å². The zero-order chi connectivity index (χ0) is 19.9. The number of benzene rings is 1. The Hall–Kier alpha value is -1.90. The van der Waals surface area contributed by atoms with E-state index in [1.54, 1.807) is 0 Å². The van der Waals surface area contributed by atoms with Gasteiger partial charge in [0.25, 0.3) is 0 Å². The Labute approximate surface area is 171 Å². The van der Waals surface area contributed by atoms with E-state index >= 15 is 0 Å². The average molecular weight is 404 g/mol. The van der Waals surface area contributed by atoms with E-state index in [1.165, 1.54) is 17.3 Å². The smallest absolute Gasteiger partial charge is 0.233 e. The van der Waals surface area contributed by atoms with Gasteiger partial charge in [-0.15, -0.1) is 10.2 Å².